The van der Waals surface area contributed by atoms with Gasteiger partial charge in [-0.05, 0) is 45.1 Å². The predicted molar refractivity (Wildman–Crippen MR) is 71.0 cm³/mol. The van der Waals surface area contributed by atoms with Crippen LogP contribution in [0.3, 0.4) is 0 Å². The number of esters is 1. The molecule has 0 heterocycles. The van der Waals surface area contributed by atoms with Crippen molar-refractivity contribution in [1.82, 2.24) is 0 Å². The maximum atomic E-state index is 11.9. The summed E-state index contributed by atoms with van der Waals surface area (Å²) in [6.45, 7) is 5.03. The molecule has 0 bridgehead atoms. The first-order valence-corrected chi connectivity index (χ1v) is 6.07. The maximum absolute atomic E-state index is 11.9. The molecule has 1 aliphatic rings. The van der Waals surface area contributed by atoms with Gasteiger partial charge in [0.25, 0.3) is 0 Å². The van der Waals surface area contributed by atoms with Crippen molar-refractivity contribution in [2.24, 2.45) is 5.41 Å². The van der Waals surface area contributed by atoms with E-state index >= 15 is 0 Å². The number of ether oxygens (including phenoxy) is 1. The van der Waals surface area contributed by atoms with E-state index in [9.17, 15) is 19.5 Å². The van der Waals surface area contributed by atoms with Crippen molar-refractivity contribution in [1.29, 1.82) is 0 Å². The molecule has 5 nitrogen and oxygen atoms in total. The zero-order valence-corrected chi connectivity index (χ0v) is 11.4. The van der Waals surface area contributed by atoms with E-state index in [1.54, 1.807) is 20.8 Å². The Hall–Kier alpha value is -2.43. The van der Waals surface area contributed by atoms with Gasteiger partial charge in [0.15, 0.2) is 11.6 Å². The van der Waals surface area contributed by atoms with Crippen LogP contribution in [0.5, 0.6) is 11.5 Å². The molecule has 0 amide bonds. The number of allylic oxidation sites excluding steroid dienone is 2. The summed E-state index contributed by atoms with van der Waals surface area (Å²) in [4.78, 5) is 35.5. The zero-order chi connectivity index (χ0) is 15.1. The van der Waals surface area contributed by atoms with E-state index in [1.165, 1.54) is 12.1 Å². The third-order valence-corrected chi connectivity index (χ3v) is 2.84. The van der Waals surface area contributed by atoms with Gasteiger partial charge in [-0.25, -0.2) is 0 Å². The van der Waals surface area contributed by atoms with Crippen LogP contribution in [-0.2, 0) is 4.79 Å². The van der Waals surface area contributed by atoms with Crippen molar-refractivity contribution in [3.63, 3.8) is 0 Å². The largest absolute Gasteiger partial charge is 0.507 e. The normalized spacial score (nSPS) is 14.2. The standard InChI is InChI=1S/C15H14O5/c1-15(2,3)14(19)20-11-7-6-9(17)12-8(16)4-5-10(18)13(11)12/h4-7,17H,1-3H3. The van der Waals surface area contributed by atoms with Crippen molar-refractivity contribution in [2.75, 3.05) is 0 Å². The lowest BCUT2D eigenvalue weighted by molar-refractivity contribution is -0.143. The average molecular weight is 274 g/mol. The quantitative estimate of drug-likeness (QED) is 0.627. The molecule has 1 N–H and O–H groups in total. The van der Waals surface area contributed by atoms with Crippen LogP contribution >= 0.6 is 0 Å². The molecule has 2 rings (SSSR count). The minimum Gasteiger partial charge on any atom is -0.507 e. The van der Waals surface area contributed by atoms with Gasteiger partial charge in [0.2, 0.25) is 0 Å². The minimum atomic E-state index is -0.748. The number of hydrogen-bond donors (Lipinski definition) is 1. The summed E-state index contributed by atoms with van der Waals surface area (Å²) in [6, 6.07) is 2.54. The highest BCUT2D eigenvalue weighted by molar-refractivity contribution is 6.24. The molecule has 20 heavy (non-hydrogen) atoms. The molecule has 1 aliphatic carbocycles. The molecular weight excluding hydrogens is 260 g/mol. The van der Waals surface area contributed by atoms with Crippen LogP contribution in [0.25, 0.3) is 0 Å². The highest BCUT2D eigenvalue weighted by Gasteiger charge is 2.30. The lowest BCUT2D eigenvalue weighted by atomic mass is 9.92. The fourth-order valence-electron chi connectivity index (χ4n) is 1.72. The first-order chi connectivity index (χ1) is 9.21. The summed E-state index contributed by atoms with van der Waals surface area (Å²) >= 11 is 0. The molecule has 0 saturated heterocycles. The summed E-state index contributed by atoms with van der Waals surface area (Å²) in [6.07, 6.45) is 2.18. The van der Waals surface area contributed by atoms with Crippen LogP contribution < -0.4 is 4.74 Å². The number of fused-ring (bicyclic) bond motifs is 1. The number of carbonyl (C=O) groups excluding carboxylic acids is 3. The Labute approximate surface area is 115 Å². The Balaban J connectivity index is 2.53. The first kappa shape index (κ1) is 14.0. The van der Waals surface area contributed by atoms with Gasteiger partial charge in [-0.3, -0.25) is 14.4 Å². The van der Waals surface area contributed by atoms with E-state index < -0.39 is 23.0 Å². The number of carbonyl (C=O) groups is 3. The molecule has 1 aromatic carbocycles. The number of phenols is 1. The minimum absolute atomic E-state index is 0.0135. The number of rotatable bonds is 1. The van der Waals surface area contributed by atoms with Gasteiger partial charge in [0.05, 0.1) is 16.5 Å². The van der Waals surface area contributed by atoms with Crippen molar-refractivity contribution < 1.29 is 24.2 Å². The Kier molecular flexibility index (Phi) is 3.21. The van der Waals surface area contributed by atoms with Crippen molar-refractivity contribution >= 4 is 17.5 Å². The molecule has 0 aromatic heterocycles. The van der Waals surface area contributed by atoms with Gasteiger partial charge in [-0.1, -0.05) is 0 Å². The SMILES string of the molecule is CC(C)(C)C(=O)Oc1ccc(O)c2c1C(=O)C=CC2=O. The average Bonchev–Trinajstić information content (AvgIpc) is 2.35. The van der Waals surface area contributed by atoms with Crippen LogP contribution in [-0.4, -0.2) is 22.6 Å². The van der Waals surface area contributed by atoms with Crippen LogP contribution in [0.4, 0.5) is 0 Å². The Morgan fingerprint density at radius 2 is 1.60 bits per heavy atom. The van der Waals surface area contributed by atoms with Gasteiger partial charge in [0, 0.05) is 0 Å². The molecule has 0 aliphatic heterocycles. The molecule has 0 spiro atoms. The Morgan fingerprint density at radius 3 is 2.15 bits per heavy atom. The number of phenolic OH excluding ortho intramolecular Hbond substituents is 1. The molecule has 0 saturated carbocycles. The molecule has 0 fully saturated rings. The van der Waals surface area contributed by atoms with Crippen LogP contribution in [0.1, 0.15) is 41.5 Å². The van der Waals surface area contributed by atoms with Crippen molar-refractivity contribution in [3.05, 3.63) is 35.4 Å². The second kappa shape index (κ2) is 4.59. The third-order valence-electron chi connectivity index (χ3n) is 2.84. The third kappa shape index (κ3) is 2.34. The zero-order valence-electron chi connectivity index (χ0n) is 11.4. The summed E-state index contributed by atoms with van der Waals surface area (Å²) in [7, 11) is 0. The fourth-order valence-corrected chi connectivity index (χ4v) is 1.72. The first-order valence-electron chi connectivity index (χ1n) is 6.07. The number of benzene rings is 1. The molecule has 0 atom stereocenters. The second-order valence-corrected chi connectivity index (χ2v) is 5.53. The van der Waals surface area contributed by atoms with E-state index in [0.717, 1.165) is 12.2 Å². The molecule has 0 radical (unpaired) electrons. The van der Waals surface area contributed by atoms with Gasteiger partial charge in [-0.15, -0.1) is 0 Å². The van der Waals surface area contributed by atoms with E-state index in [4.69, 9.17) is 4.74 Å². The lowest BCUT2D eigenvalue weighted by Gasteiger charge is -2.19. The van der Waals surface area contributed by atoms with Crippen molar-refractivity contribution in [2.45, 2.75) is 20.8 Å². The highest BCUT2D eigenvalue weighted by atomic mass is 16.5. The van der Waals surface area contributed by atoms with Crippen LogP contribution in [0.15, 0.2) is 24.3 Å². The van der Waals surface area contributed by atoms with E-state index in [0.29, 0.717) is 0 Å². The predicted octanol–water partition coefficient (Wildman–Crippen LogP) is 2.28. The molecular formula is C15H14O5. The molecule has 104 valence electrons. The number of hydrogen-bond acceptors (Lipinski definition) is 5. The Bertz CT molecular complexity index is 647. The number of ketones is 2. The van der Waals surface area contributed by atoms with E-state index in [2.05, 4.69) is 0 Å². The number of aromatic hydroxyl groups is 1. The maximum Gasteiger partial charge on any atom is 0.316 e. The van der Waals surface area contributed by atoms with Crippen LogP contribution in [0.2, 0.25) is 0 Å². The monoisotopic (exact) mass is 274 g/mol. The van der Waals surface area contributed by atoms with Crippen molar-refractivity contribution in [3.8, 4) is 11.5 Å². The summed E-state index contributed by atoms with van der Waals surface area (Å²) < 4.78 is 5.19. The van der Waals surface area contributed by atoms with E-state index in [1.807, 2.05) is 0 Å². The highest BCUT2D eigenvalue weighted by Crippen LogP contribution is 2.34. The van der Waals surface area contributed by atoms with E-state index in [-0.39, 0.29) is 22.6 Å². The van der Waals surface area contributed by atoms with Crippen LogP contribution in [0, 0.1) is 5.41 Å². The molecule has 1 aromatic rings. The summed E-state index contributed by atoms with van der Waals surface area (Å²) in [5.74, 6) is -1.82. The molecule has 0 unspecified atom stereocenters. The fraction of sp³-hybridized carbons (Fsp3) is 0.267. The topological polar surface area (TPSA) is 80.7 Å². The summed E-state index contributed by atoms with van der Waals surface area (Å²) in [5.41, 5.74) is -0.950. The Morgan fingerprint density at radius 1 is 1.05 bits per heavy atom. The van der Waals surface area contributed by atoms with Gasteiger partial charge >= 0.3 is 5.97 Å². The lowest BCUT2D eigenvalue weighted by Crippen LogP contribution is -2.27. The summed E-state index contributed by atoms with van der Waals surface area (Å²) in [5, 5.41) is 9.72. The van der Waals surface area contributed by atoms with Gasteiger partial charge in [0.1, 0.15) is 11.5 Å². The van der Waals surface area contributed by atoms with Gasteiger partial charge < -0.3 is 9.84 Å². The second-order valence-electron chi connectivity index (χ2n) is 5.53. The smallest absolute Gasteiger partial charge is 0.316 e. The van der Waals surface area contributed by atoms with Gasteiger partial charge in [-0.2, -0.15) is 0 Å². The molecule has 5 heteroatoms.